The van der Waals surface area contributed by atoms with E-state index in [-0.39, 0.29) is 12.0 Å². The molecule has 0 amide bonds. The molecule has 1 N–H and O–H groups in total. The molecule has 0 aliphatic heterocycles. The van der Waals surface area contributed by atoms with Crippen LogP contribution in [0.4, 0.5) is 17.6 Å². The minimum atomic E-state index is -4.77. The van der Waals surface area contributed by atoms with Crippen molar-refractivity contribution in [3.63, 3.8) is 0 Å². The van der Waals surface area contributed by atoms with Crippen LogP contribution in [0, 0.1) is 5.82 Å². The average molecular weight is 284 g/mol. The second-order valence-electron chi connectivity index (χ2n) is 4.44. The maximum atomic E-state index is 13.2. The highest BCUT2D eigenvalue weighted by molar-refractivity contribution is 5.30. The molecule has 20 heavy (non-hydrogen) atoms. The fourth-order valence-electron chi connectivity index (χ4n) is 1.92. The third kappa shape index (κ3) is 3.36. The zero-order valence-corrected chi connectivity index (χ0v) is 10.4. The molecule has 0 aromatic heterocycles. The zero-order chi connectivity index (χ0) is 14.8. The molecule has 0 aliphatic carbocycles. The van der Waals surface area contributed by atoms with Gasteiger partial charge in [0.05, 0.1) is 11.7 Å². The molecule has 0 saturated heterocycles. The molecule has 2 rings (SSSR count). The zero-order valence-electron chi connectivity index (χ0n) is 10.4. The van der Waals surface area contributed by atoms with Crippen LogP contribution in [-0.4, -0.2) is 5.11 Å². The van der Waals surface area contributed by atoms with Crippen LogP contribution in [0.15, 0.2) is 48.5 Å². The first-order chi connectivity index (χ1) is 9.38. The van der Waals surface area contributed by atoms with Gasteiger partial charge in [-0.15, -0.1) is 0 Å². The Morgan fingerprint density at radius 3 is 2.25 bits per heavy atom. The minimum Gasteiger partial charge on any atom is -0.388 e. The van der Waals surface area contributed by atoms with Crippen LogP contribution in [0.1, 0.15) is 22.8 Å². The normalized spacial score (nSPS) is 13.2. The minimum absolute atomic E-state index is 0.0441. The summed E-state index contributed by atoms with van der Waals surface area (Å²) in [5, 5.41) is 9.97. The van der Waals surface area contributed by atoms with Crippen molar-refractivity contribution in [2.24, 2.45) is 0 Å². The van der Waals surface area contributed by atoms with Gasteiger partial charge in [-0.1, -0.05) is 36.4 Å². The summed E-state index contributed by atoms with van der Waals surface area (Å²) in [6.45, 7) is 0. The lowest BCUT2D eigenvalue weighted by Gasteiger charge is -2.14. The van der Waals surface area contributed by atoms with Crippen molar-refractivity contribution in [1.29, 1.82) is 0 Å². The molecule has 1 unspecified atom stereocenters. The highest BCUT2D eigenvalue weighted by atomic mass is 19.4. The highest BCUT2D eigenvalue weighted by Crippen LogP contribution is 2.33. The quantitative estimate of drug-likeness (QED) is 0.841. The Labute approximate surface area is 113 Å². The molecule has 0 fully saturated rings. The predicted molar refractivity (Wildman–Crippen MR) is 66.5 cm³/mol. The van der Waals surface area contributed by atoms with Crippen LogP contribution in [0.2, 0.25) is 0 Å². The summed E-state index contributed by atoms with van der Waals surface area (Å²) < 4.78 is 50.9. The van der Waals surface area contributed by atoms with Gasteiger partial charge in [-0.05, 0) is 23.3 Å². The van der Waals surface area contributed by atoms with E-state index in [4.69, 9.17) is 0 Å². The third-order valence-electron chi connectivity index (χ3n) is 2.95. The summed E-state index contributed by atoms with van der Waals surface area (Å²) in [6, 6.07) is 11.4. The molecule has 0 spiro atoms. The first-order valence-electron chi connectivity index (χ1n) is 5.96. The molecule has 0 saturated carbocycles. The second kappa shape index (κ2) is 5.63. The van der Waals surface area contributed by atoms with E-state index in [1.54, 1.807) is 30.3 Å². The molecular weight excluding hydrogens is 272 g/mol. The molecule has 2 aromatic rings. The van der Waals surface area contributed by atoms with E-state index in [1.807, 2.05) is 0 Å². The second-order valence-corrected chi connectivity index (χ2v) is 4.44. The van der Waals surface area contributed by atoms with E-state index < -0.39 is 23.7 Å². The summed E-state index contributed by atoms with van der Waals surface area (Å²) in [4.78, 5) is 0. The van der Waals surface area contributed by atoms with Crippen molar-refractivity contribution in [1.82, 2.24) is 0 Å². The lowest BCUT2D eigenvalue weighted by molar-refractivity contribution is -0.140. The van der Waals surface area contributed by atoms with Crippen molar-refractivity contribution in [3.05, 3.63) is 71.0 Å². The summed E-state index contributed by atoms with van der Waals surface area (Å²) >= 11 is 0. The molecule has 0 bridgehead atoms. The van der Waals surface area contributed by atoms with Gasteiger partial charge in [0, 0.05) is 6.42 Å². The Bertz CT molecular complexity index is 578. The van der Waals surface area contributed by atoms with Gasteiger partial charge >= 0.3 is 6.18 Å². The summed E-state index contributed by atoms with van der Waals surface area (Å²) in [7, 11) is 0. The molecule has 2 aromatic carbocycles. The Kier molecular flexibility index (Phi) is 4.09. The Morgan fingerprint density at radius 1 is 1.00 bits per heavy atom. The van der Waals surface area contributed by atoms with Gasteiger partial charge < -0.3 is 5.11 Å². The maximum absolute atomic E-state index is 13.2. The van der Waals surface area contributed by atoms with Crippen molar-refractivity contribution < 1.29 is 22.7 Å². The van der Waals surface area contributed by atoms with Gasteiger partial charge in [-0.2, -0.15) is 13.2 Å². The Morgan fingerprint density at radius 2 is 1.65 bits per heavy atom. The van der Waals surface area contributed by atoms with Gasteiger partial charge in [-0.25, -0.2) is 4.39 Å². The largest absolute Gasteiger partial charge is 0.419 e. The van der Waals surface area contributed by atoms with Crippen LogP contribution >= 0.6 is 0 Å². The van der Waals surface area contributed by atoms with Gasteiger partial charge in [0.2, 0.25) is 0 Å². The van der Waals surface area contributed by atoms with Crippen molar-refractivity contribution in [2.45, 2.75) is 18.7 Å². The molecule has 1 atom stereocenters. The molecule has 0 heterocycles. The number of hydrogen-bond acceptors (Lipinski definition) is 1. The van der Waals surface area contributed by atoms with Crippen molar-refractivity contribution >= 4 is 0 Å². The van der Waals surface area contributed by atoms with Crippen molar-refractivity contribution in [3.8, 4) is 0 Å². The molecule has 0 aliphatic rings. The van der Waals surface area contributed by atoms with E-state index >= 15 is 0 Å². The molecule has 0 radical (unpaired) electrons. The Hall–Kier alpha value is -1.88. The summed E-state index contributed by atoms with van der Waals surface area (Å²) in [5.74, 6) is -1.34. The number of benzene rings is 2. The average Bonchev–Trinajstić information content (AvgIpc) is 2.39. The number of rotatable bonds is 3. The van der Waals surface area contributed by atoms with Gasteiger partial charge in [0.15, 0.2) is 0 Å². The first-order valence-corrected chi connectivity index (χ1v) is 5.96. The van der Waals surface area contributed by atoms with Crippen LogP contribution in [0.25, 0.3) is 0 Å². The third-order valence-corrected chi connectivity index (χ3v) is 2.95. The number of aliphatic hydroxyl groups excluding tert-OH is 1. The fraction of sp³-hybridized carbons (Fsp3) is 0.200. The topological polar surface area (TPSA) is 20.2 Å². The SMILES string of the molecule is OC(Cc1ccccc1)c1ccc(F)c(C(F)(F)F)c1. The van der Waals surface area contributed by atoms with Gasteiger partial charge in [0.1, 0.15) is 5.82 Å². The number of aliphatic hydroxyl groups is 1. The highest BCUT2D eigenvalue weighted by Gasteiger charge is 2.34. The summed E-state index contributed by atoms with van der Waals surface area (Å²) in [6.07, 6.45) is -5.71. The number of alkyl halides is 3. The molecule has 5 heteroatoms. The lowest BCUT2D eigenvalue weighted by atomic mass is 9.99. The van der Waals surface area contributed by atoms with Gasteiger partial charge in [0.25, 0.3) is 0 Å². The van der Waals surface area contributed by atoms with E-state index in [0.717, 1.165) is 17.7 Å². The summed E-state index contributed by atoms with van der Waals surface area (Å²) in [5.41, 5.74) is -0.525. The monoisotopic (exact) mass is 284 g/mol. The maximum Gasteiger partial charge on any atom is 0.419 e. The fourth-order valence-corrected chi connectivity index (χ4v) is 1.92. The van der Waals surface area contributed by atoms with E-state index in [9.17, 15) is 22.7 Å². The standard InChI is InChI=1S/C15H12F4O/c16-13-7-6-11(9-12(13)15(17,18)19)14(20)8-10-4-2-1-3-5-10/h1-7,9,14,20H,8H2. The Balaban J connectivity index is 2.25. The predicted octanol–water partition coefficient (Wildman–Crippen LogP) is 4.12. The van der Waals surface area contributed by atoms with Crippen LogP contribution < -0.4 is 0 Å². The van der Waals surface area contributed by atoms with Crippen LogP contribution in [-0.2, 0) is 12.6 Å². The smallest absolute Gasteiger partial charge is 0.388 e. The van der Waals surface area contributed by atoms with Gasteiger partial charge in [-0.3, -0.25) is 0 Å². The number of halogens is 4. The van der Waals surface area contributed by atoms with E-state index in [0.29, 0.717) is 6.07 Å². The molecule has 1 nitrogen and oxygen atoms in total. The lowest BCUT2D eigenvalue weighted by Crippen LogP contribution is -2.10. The van der Waals surface area contributed by atoms with Crippen LogP contribution in [0.5, 0.6) is 0 Å². The van der Waals surface area contributed by atoms with E-state index in [2.05, 4.69) is 0 Å². The molecular formula is C15H12F4O. The van der Waals surface area contributed by atoms with Crippen LogP contribution in [0.3, 0.4) is 0 Å². The van der Waals surface area contributed by atoms with E-state index in [1.165, 1.54) is 0 Å². The number of hydrogen-bond donors (Lipinski definition) is 1. The van der Waals surface area contributed by atoms with Crippen molar-refractivity contribution in [2.75, 3.05) is 0 Å². The first kappa shape index (κ1) is 14.5. The molecule has 106 valence electrons.